The topological polar surface area (TPSA) is 96.6 Å². The number of hydrogen-bond donors (Lipinski definition) is 0. The summed E-state index contributed by atoms with van der Waals surface area (Å²) in [6.07, 6.45) is 0. The quantitative estimate of drug-likeness (QED) is 0.442. The van der Waals surface area contributed by atoms with Crippen LogP contribution in [0.3, 0.4) is 0 Å². The maximum atomic E-state index is 12.8. The van der Waals surface area contributed by atoms with Crippen LogP contribution in [-0.2, 0) is 4.74 Å². The Morgan fingerprint density at radius 3 is 2.00 bits per heavy atom. The maximum absolute atomic E-state index is 12.8. The van der Waals surface area contributed by atoms with Crippen LogP contribution < -0.4 is 9.47 Å². The number of rotatable bonds is 6. The molecule has 0 radical (unpaired) electrons. The van der Waals surface area contributed by atoms with Crippen molar-refractivity contribution in [3.8, 4) is 33.9 Å². The third kappa shape index (κ3) is 3.43. The second-order valence-corrected chi connectivity index (χ2v) is 6.32. The molecule has 30 heavy (non-hydrogen) atoms. The molecule has 4 aromatic rings. The number of ether oxygens (including phenoxy) is 3. The lowest BCUT2D eigenvalue weighted by Crippen LogP contribution is -2.10. The Kier molecular flexibility index (Phi) is 5.30. The van der Waals surface area contributed by atoms with E-state index in [1.807, 2.05) is 24.3 Å². The van der Waals surface area contributed by atoms with Gasteiger partial charge in [0.15, 0.2) is 11.2 Å². The largest absolute Gasteiger partial charge is 0.497 e. The summed E-state index contributed by atoms with van der Waals surface area (Å²) in [4.78, 5) is 17.4. The van der Waals surface area contributed by atoms with Crippen LogP contribution in [0.4, 0.5) is 0 Å². The van der Waals surface area contributed by atoms with Crippen LogP contribution in [0.1, 0.15) is 17.4 Å². The summed E-state index contributed by atoms with van der Waals surface area (Å²) in [6.45, 7) is 1.96. The minimum absolute atomic E-state index is 0.135. The van der Waals surface area contributed by atoms with Crippen LogP contribution in [0.25, 0.3) is 33.4 Å². The highest BCUT2D eigenvalue weighted by atomic mass is 16.6. The zero-order chi connectivity index (χ0) is 21.1. The number of carbonyl (C=O) groups excluding carboxylic acids is 1. The molecule has 2 heterocycles. The first kappa shape index (κ1) is 19.4. The van der Waals surface area contributed by atoms with E-state index in [1.165, 1.54) is 0 Å². The van der Waals surface area contributed by atoms with Gasteiger partial charge in [-0.3, -0.25) is 0 Å². The first-order valence-corrected chi connectivity index (χ1v) is 9.28. The number of esters is 1. The Bertz CT molecular complexity index is 1180. The van der Waals surface area contributed by atoms with Crippen molar-refractivity contribution in [3.05, 3.63) is 54.2 Å². The lowest BCUT2D eigenvalue weighted by Gasteiger charge is -2.12. The molecule has 0 aliphatic rings. The van der Waals surface area contributed by atoms with Crippen molar-refractivity contribution in [1.82, 2.24) is 15.3 Å². The fraction of sp³-hybridized carbons (Fsp3) is 0.182. The van der Waals surface area contributed by atoms with Crippen molar-refractivity contribution in [2.75, 3.05) is 20.8 Å². The molecule has 4 rings (SSSR count). The minimum atomic E-state index is -0.553. The lowest BCUT2D eigenvalue weighted by atomic mass is 9.99. The zero-order valence-corrected chi connectivity index (χ0v) is 16.7. The van der Waals surface area contributed by atoms with Crippen LogP contribution in [0.5, 0.6) is 11.5 Å². The van der Waals surface area contributed by atoms with Gasteiger partial charge in [-0.05, 0) is 59.2 Å². The number of hydrogen-bond acceptors (Lipinski definition) is 8. The van der Waals surface area contributed by atoms with E-state index in [2.05, 4.69) is 15.3 Å². The molecule has 0 spiro atoms. The van der Waals surface area contributed by atoms with Gasteiger partial charge in [0.05, 0.1) is 20.8 Å². The fourth-order valence-electron chi connectivity index (χ4n) is 3.17. The Hall–Kier alpha value is -3.94. The highest BCUT2D eigenvalue weighted by Gasteiger charge is 2.25. The predicted molar refractivity (Wildman–Crippen MR) is 110 cm³/mol. The first-order chi connectivity index (χ1) is 14.7. The Morgan fingerprint density at radius 2 is 1.43 bits per heavy atom. The van der Waals surface area contributed by atoms with Crippen molar-refractivity contribution in [2.24, 2.45) is 0 Å². The van der Waals surface area contributed by atoms with Gasteiger partial charge >= 0.3 is 5.97 Å². The molecule has 0 atom stereocenters. The Balaban J connectivity index is 1.97. The molecule has 8 heteroatoms. The molecule has 0 fully saturated rings. The normalized spacial score (nSPS) is 10.8. The van der Waals surface area contributed by atoms with Gasteiger partial charge in [0.2, 0.25) is 0 Å². The minimum Gasteiger partial charge on any atom is -0.497 e. The molecule has 0 aliphatic heterocycles. The van der Waals surface area contributed by atoms with E-state index >= 15 is 0 Å². The van der Waals surface area contributed by atoms with Gasteiger partial charge < -0.3 is 14.2 Å². The Morgan fingerprint density at radius 1 is 0.867 bits per heavy atom. The van der Waals surface area contributed by atoms with E-state index in [-0.39, 0.29) is 12.3 Å². The molecule has 0 N–H and O–H groups in total. The number of fused-ring (bicyclic) bond motifs is 1. The summed E-state index contributed by atoms with van der Waals surface area (Å²) in [5, 5.41) is 8.12. The van der Waals surface area contributed by atoms with Crippen LogP contribution in [0.2, 0.25) is 0 Å². The van der Waals surface area contributed by atoms with Gasteiger partial charge in [0.25, 0.3) is 0 Å². The second-order valence-electron chi connectivity index (χ2n) is 6.32. The van der Waals surface area contributed by atoms with Crippen molar-refractivity contribution >= 4 is 17.0 Å². The number of methoxy groups -OCH3 is 2. The summed E-state index contributed by atoms with van der Waals surface area (Å²) >= 11 is 0. The van der Waals surface area contributed by atoms with Crippen LogP contribution in [0.15, 0.2) is 53.2 Å². The second kappa shape index (κ2) is 8.20. The molecular weight excluding hydrogens is 386 g/mol. The van der Waals surface area contributed by atoms with Crippen molar-refractivity contribution in [1.29, 1.82) is 0 Å². The summed E-state index contributed by atoms with van der Waals surface area (Å²) in [7, 11) is 3.18. The molecule has 0 bridgehead atoms. The molecule has 0 saturated heterocycles. The number of aromatic nitrogens is 3. The third-order valence-corrected chi connectivity index (χ3v) is 4.62. The molecule has 0 amide bonds. The van der Waals surface area contributed by atoms with E-state index < -0.39 is 5.97 Å². The monoisotopic (exact) mass is 405 g/mol. The molecule has 152 valence electrons. The van der Waals surface area contributed by atoms with E-state index in [0.717, 1.165) is 5.56 Å². The summed E-state index contributed by atoms with van der Waals surface area (Å²) in [5.74, 6) is 0.838. The number of nitrogens with zero attached hydrogens (tertiary/aromatic N) is 3. The Labute approximate surface area is 172 Å². The molecule has 2 aromatic carbocycles. The van der Waals surface area contributed by atoms with Gasteiger partial charge in [-0.1, -0.05) is 12.1 Å². The summed E-state index contributed by atoms with van der Waals surface area (Å²) in [6, 6.07) is 14.5. The van der Waals surface area contributed by atoms with Gasteiger partial charge in [0, 0.05) is 11.1 Å². The average Bonchev–Trinajstić information content (AvgIpc) is 3.28. The SMILES string of the molecule is CCOC(=O)c1nc(-c2ccc(OC)cc2)c2nonc2c1-c1ccc(OC)cc1. The van der Waals surface area contributed by atoms with Crippen molar-refractivity contribution < 1.29 is 23.6 Å². The average molecular weight is 405 g/mol. The standard InChI is InChI=1S/C22H19N3O5/c1-4-29-22(26)20-17(13-5-9-15(27-2)10-6-13)19-21(25-30-24-19)18(23-20)14-7-11-16(28-3)12-8-14/h5-12H,4H2,1-3H3. The van der Waals surface area contributed by atoms with E-state index in [9.17, 15) is 4.79 Å². The summed E-state index contributed by atoms with van der Waals surface area (Å²) in [5.41, 5.74) is 3.41. The van der Waals surface area contributed by atoms with Crippen LogP contribution in [0, 0.1) is 0 Å². The number of benzene rings is 2. The highest BCUT2D eigenvalue weighted by molar-refractivity contribution is 6.07. The molecule has 8 nitrogen and oxygen atoms in total. The zero-order valence-electron chi connectivity index (χ0n) is 16.7. The molecule has 0 aliphatic carbocycles. The number of pyridine rings is 1. The fourth-order valence-corrected chi connectivity index (χ4v) is 3.17. The third-order valence-electron chi connectivity index (χ3n) is 4.62. The molecule has 0 saturated carbocycles. The highest BCUT2D eigenvalue weighted by Crippen LogP contribution is 2.36. The van der Waals surface area contributed by atoms with Crippen LogP contribution >= 0.6 is 0 Å². The van der Waals surface area contributed by atoms with E-state index in [1.54, 1.807) is 45.4 Å². The van der Waals surface area contributed by atoms with Gasteiger partial charge in [0.1, 0.15) is 22.7 Å². The number of carbonyl (C=O) groups is 1. The van der Waals surface area contributed by atoms with Gasteiger partial charge in [-0.2, -0.15) is 0 Å². The first-order valence-electron chi connectivity index (χ1n) is 9.28. The lowest BCUT2D eigenvalue weighted by molar-refractivity contribution is 0.0521. The summed E-state index contributed by atoms with van der Waals surface area (Å²) < 4.78 is 20.7. The van der Waals surface area contributed by atoms with Crippen molar-refractivity contribution in [3.63, 3.8) is 0 Å². The molecular formula is C22H19N3O5. The smallest absolute Gasteiger partial charge is 0.357 e. The van der Waals surface area contributed by atoms with Gasteiger partial charge in [-0.15, -0.1) is 0 Å². The maximum Gasteiger partial charge on any atom is 0.357 e. The molecule has 0 unspecified atom stereocenters. The predicted octanol–water partition coefficient (Wildman–Crippen LogP) is 4.15. The van der Waals surface area contributed by atoms with Gasteiger partial charge in [-0.25, -0.2) is 14.4 Å². The van der Waals surface area contributed by atoms with Crippen molar-refractivity contribution in [2.45, 2.75) is 6.92 Å². The van der Waals surface area contributed by atoms with Crippen LogP contribution in [-0.4, -0.2) is 42.1 Å². The molecule has 2 aromatic heterocycles. The van der Waals surface area contributed by atoms with E-state index in [4.69, 9.17) is 18.8 Å². The van der Waals surface area contributed by atoms with E-state index in [0.29, 0.717) is 39.4 Å².